The summed E-state index contributed by atoms with van der Waals surface area (Å²) in [5.74, 6) is -0.361. The summed E-state index contributed by atoms with van der Waals surface area (Å²) >= 11 is 0. The number of nitrogens with one attached hydrogen (secondary N) is 2. The van der Waals surface area contributed by atoms with E-state index in [0.717, 1.165) is 22.5 Å². The molecule has 0 saturated carbocycles. The van der Waals surface area contributed by atoms with Crippen LogP contribution in [0.25, 0.3) is 10.9 Å². The van der Waals surface area contributed by atoms with Crippen LogP contribution in [-0.2, 0) is 18.5 Å². The van der Waals surface area contributed by atoms with Crippen LogP contribution in [0.3, 0.4) is 0 Å². The SMILES string of the molecule is COc1ccc(F)cc1C(C)(C)CC(O)(NCc1[nH]c2ccncc2c1CN(C)C)C(F)(F)F. The van der Waals surface area contributed by atoms with E-state index in [1.807, 2.05) is 19.0 Å². The molecule has 0 amide bonds. The Morgan fingerprint density at radius 1 is 1.18 bits per heavy atom. The van der Waals surface area contributed by atoms with Crippen LogP contribution in [0.5, 0.6) is 5.75 Å². The quantitative estimate of drug-likeness (QED) is 0.310. The molecule has 2 heterocycles. The number of nitrogens with zero attached hydrogens (tertiary/aromatic N) is 2. The molecule has 3 N–H and O–H groups in total. The number of hydrogen-bond acceptors (Lipinski definition) is 5. The number of benzene rings is 1. The molecule has 0 fully saturated rings. The molecule has 1 aromatic carbocycles. The second-order valence-corrected chi connectivity index (χ2v) is 9.36. The number of fused-ring (bicyclic) bond motifs is 1. The molecule has 2 aromatic heterocycles. The number of pyridine rings is 1. The molecule has 34 heavy (non-hydrogen) atoms. The van der Waals surface area contributed by atoms with E-state index in [2.05, 4.69) is 15.3 Å². The smallest absolute Gasteiger partial charge is 0.431 e. The third-order valence-electron chi connectivity index (χ3n) is 5.89. The van der Waals surface area contributed by atoms with Crippen molar-refractivity contribution in [2.24, 2.45) is 0 Å². The number of methoxy groups -OCH3 is 1. The van der Waals surface area contributed by atoms with Crippen molar-refractivity contribution in [2.75, 3.05) is 21.2 Å². The molecule has 3 rings (SSSR count). The van der Waals surface area contributed by atoms with Crippen molar-refractivity contribution in [1.29, 1.82) is 0 Å². The Balaban J connectivity index is 1.95. The van der Waals surface area contributed by atoms with Crippen LogP contribution in [0.4, 0.5) is 17.6 Å². The molecule has 10 heteroatoms. The van der Waals surface area contributed by atoms with E-state index in [9.17, 15) is 22.7 Å². The van der Waals surface area contributed by atoms with Crippen molar-refractivity contribution >= 4 is 10.9 Å². The summed E-state index contributed by atoms with van der Waals surface area (Å²) in [6, 6.07) is 5.41. The van der Waals surface area contributed by atoms with Gasteiger partial charge < -0.3 is 19.7 Å². The molecule has 0 spiro atoms. The minimum atomic E-state index is -5.00. The number of halogens is 4. The molecule has 186 valence electrons. The molecule has 1 unspecified atom stereocenters. The third kappa shape index (κ3) is 5.34. The van der Waals surface area contributed by atoms with E-state index in [1.54, 1.807) is 18.5 Å². The van der Waals surface area contributed by atoms with E-state index in [-0.39, 0.29) is 17.9 Å². The Hall–Kier alpha value is -2.69. The number of alkyl halides is 3. The zero-order valence-corrected chi connectivity index (χ0v) is 19.8. The number of aromatic nitrogens is 2. The predicted octanol–water partition coefficient (Wildman–Crippen LogP) is 4.48. The molecule has 0 radical (unpaired) electrons. The van der Waals surface area contributed by atoms with Crippen LogP contribution in [-0.4, -0.2) is 53.1 Å². The van der Waals surface area contributed by atoms with Crippen molar-refractivity contribution in [3.63, 3.8) is 0 Å². The maximum atomic E-state index is 14.2. The first-order valence-corrected chi connectivity index (χ1v) is 10.7. The predicted molar refractivity (Wildman–Crippen MR) is 122 cm³/mol. The second-order valence-electron chi connectivity index (χ2n) is 9.36. The lowest BCUT2D eigenvalue weighted by molar-refractivity contribution is -0.280. The molecular formula is C24H30F4N4O2. The molecule has 0 bridgehead atoms. The molecule has 0 aliphatic carbocycles. The van der Waals surface area contributed by atoms with Crippen LogP contribution in [0.15, 0.2) is 36.7 Å². The van der Waals surface area contributed by atoms with Crippen molar-refractivity contribution in [3.05, 3.63) is 59.3 Å². The highest BCUT2D eigenvalue weighted by atomic mass is 19.4. The summed E-state index contributed by atoms with van der Waals surface area (Å²) in [6.45, 7) is 3.22. The van der Waals surface area contributed by atoms with Gasteiger partial charge in [0.15, 0.2) is 0 Å². The van der Waals surface area contributed by atoms with E-state index in [1.165, 1.54) is 33.1 Å². The van der Waals surface area contributed by atoms with Crippen molar-refractivity contribution in [2.45, 2.75) is 50.7 Å². The topological polar surface area (TPSA) is 73.4 Å². The van der Waals surface area contributed by atoms with Gasteiger partial charge in [-0.2, -0.15) is 13.2 Å². The van der Waals surface area contributed by atoms with Gasteiger partial charge in [-0.25, -0.2) is 4.39 Å². The number of ether oxygens (including phenoxy) is 1. The fraction of sp³-hybridized carbons (Fsp3) is 0.458. The molecule has 1 atom stereocenters. The first-order chi connectivity index (χ1) is 15.8. The van der Waals surface area contributed by atoms with Gasteiger partial charge in [0.1, 0.15) is 11.6 Å². The van der Waals surface area contributed by atoms with Crippen molar-refractivity contribution in [3.8, 4) is 5.75 Å². The van der Waals surface area contributed by atoms with Gasteiger partial charge in [-0.3, -0.25) is 10.3 Å². The van der Waals surface area contributed by atoms with Crippen molar-refractivity contribution < 1.29 is 27.4 Å². The zero-order valence-electron chi connectivity index (χ0n) is 19.8. The molecule has 0 aliphatic rings. The third-order valence-corrected chi connectivity index (χ3v) is 5.89. The Morgan fingerprint density at radius 2 is 1.88 bits per heavy atom. The van der Waals surface area contributed by atoms with Gasteiger partial charge in [0.2, 0.25) is 5.72 Å². The number of aromatic amines is 1. The van der Waals surface area contributed by atoms with Gasteiger partial charge in [-0.05, 0) is 49.3 Å². The van der Waals surface area contributed by atoms with E-state index < -0.39 is 29.6 Å². The minimum Gasteiger partial charge on any atom is -0.496 e. The average molecular weight is 483 g/mol. The largest absolute Gasteiger partial charge is 0.496 e. The average Bonchev–Trinajstić information content (AvgIpc) is 3.08. The normalized spacial score (nSPS) is 14.6. The van der Waals surface area contributed by atoms with Gasteiger partial charge in [-0.1, -0.05) is 13.8 Å². The lowest BCUT2D eigenvalue weighted by Gasteiger charge is -2.39. The maximum absolute atomic E-state index is 14.2. The first-order valence-electron chi connectivity index (χ1n) is 10.7. The Bertz CT molecular complexity index is 1140. The number of hydrogen-bond donors (Lipinski definition) is 3. The van der Waals surface area contributed by atoms with Gasteiger partial charge in [-0.15, -0.1) is 0 Å². The Kier molecular flexibility index (Phi) is 7.26. The van der Waals surface area contributed by atoms with Gasteiger partial charge in [0.25, 0.3) is 0 Å². The van der Waals surface area contributed by atoms with Gasteiger partial charge in [0, 0.05) is 54.1 Å². The summed E-state index contributed by atoms with van der Waals surface area (Å²) < 4.78 is 61.7. The number of rotatable bonds is 9. The van der Waals surface area contributed by atoms with Crippen LogP contribution < -0.4 is 10.1 Å². The Morgan fingerprint density at radius 3 is 2.50 bits per heavy atom. The minimum absolute atomic E-state index is 0.226. The van der Waals surface area contributed by atoms with Crippen LogP contribution >= 0.6 is 0 Å². The van der Waals surface area contributed by atoms with Crippen LogP contribution in [0.1, 0.15) is 37.1 Å². The highest BCUT2D eigenvalue weighted by Gasteiger charge is 2.56. The van der Waals surface area contributed by atoms with Crippen LogP contribution in [0.2, 0.25) is 0 Å². The zero-order chi connectivity index (χ0) is 25.3. The standard InChI is InChI=1S/C24H30F4N4O2/c1-22(2,18-10-15(25)6-7-21(18)34-5)14-23(33,24(26,27)28)30-12-20-17(13-32(3)4)16-11-29-9-8-19(16)31-20/h6-11,30-31,33H,12-14H2,1-5H3. The number of aliphatic hydroxyl groups is 1. The lowest BCUT2D eigenvalue weighted by atomic mass is 9.77. The summed E-state index contributed by atoms with van der Waals surface area (Å²) in [7, 11) is 5.07. The van der Waals surface area contributed by atoms with E-state index in [0.29, 0.717) is 12.2 Å². The summed E-state index contributed by atoms with van der Waals surface area (Å²) in [4.78, 5) is 9.15. The lowest BCUT2D eigenvalue weighted by Crippen LogP contribution is -2.59. The summed E-state index contributed by atoms with van der Waals surface area (Å²) in [5, 5.41) is 14.0. The van der Waals surface area contributed by atoms with Gasteiger partial charge >= 0.3 is 6.18 Å². The number of H-pyrrole nitrogens is 1. The monoisotopic (exact) mass is 482 g/mol. The van der Waals surface area contributed by atoms with E-state index >= 15 is 0 Å². The molecule has 6 nitrogen and oxygen atoms in total. The fourth-order valence-electron chi connectivity index (χ4n) is 4.23. The Labute approximate surface area is 195 Å². The first kappa shape index (κ1) is 25.9. The maximum Gasteiger partial charge on any atom is 0.431 e. The van der Waals surface area contributed by atoms with E-state index in [4.69, 9.17) is 4.74 Å². The molecule has 0 aliphatic heterocycles. The molecule has 0 saturated heterocycles. The fourth-order valence-corrected chi connectivity index (χ4v) is 4.23. The second kappa shape index (κ2) is 9.52. The highest BCUT2D eigenvalue weighted by molar-refractivity contribution is 5.83. The molecule has 3 aromatic rings. The summed E-state index contributed by atoms with van der Waals surface area (Å²) in [5.41, 5.74) is -2.27. The van der Waals surface area contributed by atoms with Crippen molar-refractivity contribution in [1.82, 2.24) is 20.2 Å². The van der Waals surface area contributed by atoms with Crippen LogP contribution in [0, 0.1) is 5.82 Å². The highest BCUT2D eigenvalue weighted by Crippen LogP contribution is 2.42. The summed E-state index contributed by atoms with van der Waals surface area (Å²) in [6.07, 6.45) is -2.52. The van der Waals surface area contributed by atoms with Gasteiger partial charge in [0.05, 0.1) is 7.11 Å². The molecular weight excluding hydrogens is 452 g/mol.